The number of rotatable bonds is 3. The summed E-state index contributed by atoms with van der Waals surface area (Å²) in [6.45, 7) is 0. The number of aliphatic carboxylic acids is 1. The Morgan fingerprint density at radius 3 is 2.94 bits per heavy atom. The van der Waals surface area contributed by atoms with E-state index in [1.807, 2.05) is 0 Å². The molecule has 0 aromatic carbocycles. The quantitative estimate of drug-likeness (QED) is 0.805. The predicted octanol–water partition coefficient (Wildman–Crippen LogP) is 0.521. The molecular weight excluding hydrogens is 230 g/mol. The van der Waals surface area contributed by atoms with Gasteiger partial charge in [0.2, 0.25) is 0 Å². The number of carboxylic acid groups (broad SMARTS) is 1. The zero-order valence-electron chi connectivity index (χ0n) is 8.42. The standard InChI is InChI=1S/C9H11N3O3S/c13-8(7-4-10-16-12-7)11-6-3-1-2-5(6)9(14)15/h4-6H,1-3H2,(H,11,13)(H,14,15). The largest absolute Gasteiger partial charge is 0.481 e. The number of amides is 1. The zero-order valence-corrected chi connectivity index (χ0v) is 9.24. The Hall–Kier alpha value is -1.50. The minimum absolute atomic E-state index is 0.251. The van der Waals surface area contributed by atoms with Gasteiger partial charge in [-0.3, -0.25) is 9.59 Å². The molecule has 1 saturated carbocycles. The molecule has 1 aromatic rings. The predicted molar refractivity (Wildman–Crippen MR) is 56.1 cm³/mol. The van der Waals surface area contributed by atoms with Gasteiger partial charge in [0.15, 0.2) is 5.69 Å². The summed E-state index contributed by atoms with van der Waals surface area (Å²) in [5.74, 6) is -1.67. The second-order valence-electron chi connectivity index (χ2n) is 3.75. The number of carboxylic acids is 1. The first-order chi connectivity index (χ1) is 7.68. The maximum absolute atomic E-state index is 11.6. The lowest BCUT2D eigenvalue weighted by atomic mass is 10.0. The van der Waals surface area contributed by atoms with Gasteiger partial charge < -0.3 is 10.4 Å². The zero-order chi connectivity index (χ0) is 11.5. The highest BCUT2D eigenvalue weighted by molar-refractivity contribution is 6.99. The fourth-order valence-electron chi connectivity index (χ4n) is 1.94. The highest BCUT2D eigenvalue weighted by Crippen LogP contribution is 2.25. The van der Waals surface area contributed by atoms with Gasteiger partial charge in [-0.15, -0.1) is 0 Å². The van der Waals surface area contributed by atoms with Crippen LogP contribution in [0.1, 0.15) is 29.8 Å². The highest BCUT2D eigenvalue weighted by Gasteiger charge is 2.34. The number of hydrogen-bond acceptors (Lipinski definition) is 5. The smallest absolute Gasteiger partial charge is 0.308 e. The lowest BCUT2D eigenvalue weighted by Crippen LogP contribution is -2.40. The van der Waals surface area contributed by atoms with Crippen molar-refractivity contribution in [2.75, 3.05) is 0 Å². The van der Waals surface area contributed by atoms with E-state index < -0.39 is 11.9 Å². The van der Waals surface area contributed by atoms with Gasteiger partial charge in [-0.25, -0.2) is 0 Å². The number of carbonyl (C=O) groups is 2. The Balaban J connectivity index is 1.99. The van der Waals surface area contributed by atoms with E-state index in [0.29, 0.717) is 12.8 Å². The number of hydrogen-bond donors (Lipinski definition) is 2. The molecule has 1 fully saturated rings. The Morgan fingerprint density at radius 2 is 2.31 bits per heavy atom. The van der Waals surface area contributed by atoms with Crippen LogP contribution in [0.3, 0.4) is 0 Å². The molecular formula is C9H11N3O3S. The summed E-state index contributed by atoms with van der Waals surface area (Å²) >= 11 is 0.956. The van der Waals surface area contributed by atoms with Gasteiger partial charge in [-0.05, 0) is 12.8 Å². The number of carbonyl (C=O) groups excluding carboxylic acids is 1. The van der Waals surface area contributed by atoms with Gasteiger partial charge >= 0.3 is 5.97 Å². The fourth-order valence-corrected chi connectivity index (χ4v) is 2.35. The van der Waals surface area contributed by atoms with Crippen molar-refractivity contribution in [3.8, 4) is 0 Å². The van der Waals surface area contributed by atoms with Crippen LogP contribution in [0, 0.1) is 5.92 Å². The van der Waals surface area contributed by atoms with E-state index in [-0.39, 0.29) is 17.6 Å². The summed E-state index contributed by atoms with van der Waals surface area (Å²) in [7, 11) is 0. The molecule has 16 heavy (non-hydrogen) atoms. The average Bonchev–Trinajstić information content (AvgIpc) is 2.86. The Bertz CT molecular complexity index is 393. The molecule has 1 amide bonds. The summed E-state index contributed by atoms with van der Waals surface area (Å²) in [4.78, 5) is 22.5. The molecule has 0 aliphatic heterocycles. The maximum atomic E-state index is 11.6. The summed E-state index contributed by atoms with van der Waals surface area (Å²) in [6.07, 6.45) is 3.54. The molecule has 1 aliphatic rings. The summed E-state index contributed by atoms with van der Waals surface area (Å²) in [6, 6.07) is -0.285. The Labute approximate surface area is 96.0 Å². The van der Waals surface area contributed by atoms with Crippen molar-refractivity contribution in [2.24, 2.45) is 5.92 Å². The molecule has 1 heterocycles. The van der Waals surface area contributed by atoms with Crippen LogP contribution >= 0.6 is 11.7 Å². The highest BCUT2D eigenvalue weighted by atomic mass is 32.1. The van der Waals surface area contributed by atoms with E-state index in [9.17, 15) is 9.59 Å². The van der Waals surface area contributed by atoms with E-state index in [1.54, 1.807) is 0 Å². The molecule has 6 nitrogen and oxygen atoms in total. The molecule has 2 unspecified atom stereocenters. The molecule has 1 aromatic heterocycles. The average molecular weight is 241 g/mol. The fraction of sp³-hybridized carbons (Fsp3) is 0.556. The van der Waals surface area contributed by atoms with Gasteiger partial charge in [0.05, 0.1) is 23.8 Å². The molecule has 0 radical (unpaired) electrons. The van der Waals surface area contributed by atoms with E-state index in [2.05, 4.69) is 14.1 Å². The lowest BCUT2D eigenvalue weighted by Gasteiger charge is -2.16. The first-order valence-electron chi connectivity index (χ1n) is 4.99. The summed E-state index contributed by atoms with van der Waals surface area (Å²) in [5, 5.41) is 11.6. The lowest BCUT2D eigenvalue weighted by molar-refractivity contribution is -0.142. The van der Waals surface area contributed by atoms with Crippen molar-refractivity contribution in [3.63, 3.8) is 0 Å². The van der Waals surface area contributed by atoms with Crippen molar-refractivity contribution in [1.29, 1.82) is 0 Å². The van der Waals surface area contributed by atoms with E-state index in [4.69, 9.17) is 5.11 Å². The number of nitrogens with zero attached hydrogens (tertiary/aromatic N) is 2. The molecule has 86 valence electrons. The molecule has 7 heteroatoms. The third kappa shape index (κ3) is 2.19. The second-order valence-corrected chi connectivity index (χ2v) is 4.30. The van der Waals surface area contributed by atoms with Gasteiger partial charge in [-0.2, -0.15) is 8.75 Å². The topological polar surface area (TPSA) is 92.2 Å². The van der Waals surface area contributed by atoms with E-state index >= 15 is 0 Å². The van der Waals surface area contributed by atoms with E-state index in [1.165, 1.54) is 6.20 Å². The first kappa shape index (κ1) is 11.0. The van der Waals surface area contributed by atoms with Crippen LogP contribution in [0.5, 0.6) is 0 Å². The maximum Gasteiger partial charge on any atom is 0.308 e. The van der Waals surface area contributed by atoms with Crippen LogP contribution in [-0.2, 0) is 4.79 Å². The van der Waals surface area contributed by atoms with Crippen LogP contribution in [0.4, 0.5) is 0 Å². The minimum atomic E-state index is -0.848. The monoisotopic (exact) mass is 241 g/mol. The number of aromatic nitrogens is 2. The van der Waals surface area contributed by atoms with Crippen LogP contribution in [0.15, 0.2) is 6.20 Å². The SMILES string of the molecule is O=C(NC1CCCC1C(=O)O)c1cnsn1. The molecule has 0 saturated heterocycles. The van der Waals surface area contributed by atoms with Crippen molar-refractivity contribution < 1.29 is 14.7 Å². The van der Waals surface area contributed by atoms with Gasteiger partial charge in [0.1, 0.15) is 0 Å². The third-order valence-corrected chi connectivity index (χ3v) is 3.22. The van der Waals surface area contributed by atoms with Crippen molar-refractivity contribution in [3.05, 3.63) is 11.9 Å². The van der Waals surface area contributed by atoms with Crippen molar-refractivity contribution >= 4 is 23.6 Å². The van der Waals surface area contributed by atoms with Crippen molar-refractivity contribution in [2.45, 2.75) is 25.3 Å². The molecule has 2 rings (SSSR count). The third-order valence-electron chi connectivity index (χ3n) is 2.74. The van der Waals surface area contributed by atoms with Gasteiger partial charge in [0, 0.05) is 6.04 Å². The second kappa shape index (κ2) is 4.56. The molecule has 2 atom stereocenters. The molecule has 0 spiro atoms. The van der Waals surface area contributed by atoms with Crippen molar-refractivity contribution in [1.82, 2.24) is 14.1 Å². The first-order valence-corrected chi connectivity index (χ1v) is 5.72. The van der Waals surface area contributed by atoms with Gasteiger partial charge in [0.25, 0.3) is 5.91 Å². The minimum Gasteiger partial charge on any atom is -0.481 e. The molecule has 0 bridgehead atoms. The van der Waals surface area contributed by atoms with Crippen LogP contribution < -0.4 is 5.32 Å². The number of nitrogens with one attached hydrogen (secondary N) is 1. The van der Waals surface area contributed by atoms with Crippen LogP contribution in [0.25, 0.3) is 0 Å². The molecule has 1 aliphatic carbocycles. The van der Waals surface area contributed by atoms with E-state index in [0.717, 1.165) is 18.1 Å². The molecule has 2 N–H and O–H groups in total. The normalized spacial score (nSPS) is 24.2. The Kier molecular flexibility index (Phi) is 3.14. The van der Waals surface area contributed by atoms with Gasteiger partial charge in [-0.1, -0.05) is 6.42 Å². The Morgan fingerprint density at radius 1 is 1.50 bits per heavy atom. The summed E-state index contributed by atoms with van der Waals surface area (Å²) < 4.78 is 7.52. The van der Waals surface area contributed by atoms with Crippen LogP contribution in [0.2, 0.25) is 0 Å². The summed E-state index contributed by atoms with van der Waals surface area (Å²) in [5.41, 5.74) is 0.251. The van der Waals surface area contributed by atoms with Crippen LogP contribution in [-0.4, -0.2) is 31.8 Å².